The molecule has 32 heavy (non-hydrogen) atoms. The lowest BCUT2D eigenvalue weighted by Gasteiger charge is -2.16. The monoisotopic (exact) mass is 564 g/mol. The molecule has 0 spiro atoms. The highest BCUT2D eigenvalue weighted by Crippen LogP contribution is 2.27. The molecule has 0 aliphatic carbocycles. The number of ether oxygens (including phenoxy) is 1. The zero-order chi connectivity index (χ0) is 22.4. The standard InChI is InChI=1S/C24H24N2O4S.HI/c1-16(14-25-23(28)19-10-7-13-26(3)15-19)30-24(29)17(2)20-11-12-21(31-20)22(27)18-8-5-4-6-9-18;/h4-13,15-17H,14H2,1-3H3;1H. The normalized spacial score (nSPS) is 12.2. The number of ketones is 1. The van der Waals surface area contributed by atoms with E-state index in [2.05, 4.69) is 5.32 Å². The summed E-state index contributed by atoms with van der Waals surface area (Å²) in [4.78, 5) is 38.7. The van der Waals surface area contributed by atoms with Crippen molar-refractivity contribution in [3.8, 4) is 0 Å². The quantitative estimate of drug-likeness (QED) is 0.185. The average Bonchev–Trinajstić information content (AvgIpc) is 3.27. The van der Waals surface area contributed by atoms with Gasteiger partial charge in [-0.2, -0.15) is 0 Å². The van der Waals surface area contributed by atoms with Crippen molar-refractivity contribution >= 4 is 29.0 Å². The molecular weight excluding hydrogens is 539 g/mol. The minimum atomic E-state index is -0.506. The van der Waals surface area contributed by atoms with Crippen molar-refractivity contribution < 1.29 is 47.7 Å². The molecule has 1 aromatic carbocycles. The number of pyridine rings is 1. The summed E-state index contributed by atoms with van der Waals surface area (Å²) in [5.74, 6) is -1.20. The summed E-state index contributed by atoms with van der Waals surface area (Å²) in [6.45, 7) is 3.69. The molecule has 168 valence electrons. The first-order chi connectivity index (χ1) is 14.8. The van der Waals surface area contributed by atoms with Gasteiger partial charge in [-0.15, -0.1) is 11.3 Å². The van der Waals surface area contributed by atoms with Gasteiger partial charge in [0.1, 0.15) is 18.7 Å². The van der Waals surface area contributed by atoms with Crippen LogP contribution in [0.2, 0.25) is 0 Å². The van der Waals surface area contributed by atoms with Crippen molar-refractivity contribution in [3.05, 3.63) is 87.9 Å². The number of hydrogen-bond donors (Lipinski definition) is 1. The van der Waals surface area contributed by atoms with Gasteiger partial charge in [0.2, 0.25) is 5.78 Å². The number of aromatic nitrogens is 1. The van der Waals surface area contributed by atoms with Crippen molar-refractivity contribution in [2.24, 2.45) is 7.05 Å². The molecule has 2 unspecified atom stereocenters. The molecule has 2 atom stereocenters. The Morgan fingerprint density at radius 1 is 1.00 bits per heavy atom. The molecule has 3 aromatic rings. The number of halogens is 1. The predicted molar refractivity (Wildman–Crippen MR) is 118 cm³/mol. The van der Waals surface area contributed by atoms with Crippen LogP contribution in [0.25, 0.3) is 0 Å². The van der Waals surface area contributed by atoms with Gasteiger partial charge in [-0.05, 0) is 32.0 Å². The fourth-order valence-electron chi connectivity index (χ4n) is 2.96. The van der Waals surface area contributed by atoms with Gasteiger partial charge in [0.05, 0.1) is 17.3 Å². The van der Waals surface area contributed by atoms with E-state index in [-0.39, 0.29) is 42.2 Å². The van der Waals surface area contributed by atoms with Gasteiger partial charge in [-0.25, -0.2) is 4.57 Å². The fraction of sp³-hybridized carbons (Fsp3) is 0.250. The Hall–Kier alpha value is -2.59. The summed E-state index contributed by atoms with van der Waals surface area (Å²) < 4.78 is 7.28. The molecule has 3 rings (SSSR count). The maximum Gasteiger partial charge on any atom is 0.314 e. The Kier molecular flexibility index (Phi) is 9.52. The predicted octanol–water partition coefficient (Wildman–Crippen LogP) is 0.273. The number of carbonyl (C=O) groups is 3. The zero-order valence-electron chi connectivity index (χ0n) is 18.1. The van der Waals surface area contributed by atoms with Crippen LogP contribution in [0.3, 0.4) is 0 Å². The Balaban J connectivity index is 0.00000363. The van der Waals surface area contributed by atoms with Crippen molar-refractivity contribution in [2.45, 2.75) is 25.9 Å². The van der Waals surface area contributed by atoms with Gasteiger partial charge in [0.25, 0.3) is 5.91 Å². The first-order valence-corrected chi connectivity index (χ1v) is 10.8. The summed E-state index contributed by atoms with van der Waals surface area (Å²) in [6.07, 6.45) is 3.08. The third-order valence-electron chi connectivity index (χ3n) is 4.74. The first kappa shape index (κ1) is 25.7. The molecule has 0 aliphatic rings. The Labute approximate surface area is 208 Å². The van der Waals surface area contributed by atoms with Crippen LogP contribution in [0.5, 0.6) is 0 Å². The second kappa shape index (κ2) is 11.9. The van der Waals surface area contributed by atoms with E-state index in [4.69, 9.17) is 4.74 Å². The van der Waals surface area contributed by atoms with Gasteiger partial charge in [0, 0.05) is 16.5 Å². The van der Waals surface area contributed by atoms with Crippen molar-refractivity contribution in [1.82, 2.24) is 5.32 Å². The van der Waals surface area contributed by atoms with Gasteiger partial charge in [0.15, 0.2) is 12.4 Å². The lowest BCUT2D eigenvalue weighted by atomic mass is 10.1. The highest BCUT2D eigenvalue weighted by atomic mass is 127. The fourth-order valence-corrected chi connectivity index (χ4v) is 3.97. The Morgan fingerprint density at radius 2 is 1.69 bits per heavy atom. The lowest BCUT2D eigenvalue weighted by Crippen LogP contribution is -3.00. The van der Waals surface area contributed by atoms with Crippen molar-refractivity contribution in [1.29, 1.82) is 0 Å². The summed E-state index contributed by atoms with van der Waals surface area (Å²) in [7, 11) is 1.84. The summed E-state index contributed by atoms with van der Waals surface area (Å²) in [6, 6.07) is 16.1. The third-order valence-corrected chi connectivity index (χ3v) is 6.00. The molecule has 2 aromatic heterocycles. The molecule has 0 saturated heterocycles. The van der Waals surface area contributed by atoms with Gasteiger partial charge in [-0.1, -0.05) is 30.3 Å². The summed E-state index contributed by atoms with van der Waals surface area (Å²) in [5.41, 5.74) is 1.15. The number of nitrogens with one attached hydrogen (secondary N) is 1. The molecule has 1 N–H and O–H groups in total. The van der Waals surface area contributed by atoms with Crippen LogP contribution in [0.15, 0.2) is 67.0 Å². The van der Waals surface area contributed by atoms with Crippen LogP contribution in [0.4, 0.5) is 0 Å². The lowest BCUT2D eigenvalue weighted by molar-refractivity contribution is -0.671. The van der Waals surface area contributed by atoms with E-state index in [9.17, 15) is 14.4 Å². The van der Waals surface area contributed by atoms with Crippen LogP contribution in [-0.4, -0.2) is 30.3 Å². The van der Waals surface area contributed by atoms with Crippen molar-refractivity contribution in [3.63, 3.8) is 0 Å². The van der Waals surface area contributed by atoms with Crippen molar-refractivity contribution in [2.75, 3.05) is 6.54 Å². The molecule has 0 bridgehead atoms. The van der Waals surface area contributed by atoms with E-state index >= 15 is 0 Å². The number of hydrogen-bond acceptors (Lipinski definition) is 5. The molecule has 0 aliphatic heterocycles. The van der Waals surface area contributed by atoms with E-state index in [0.717, 1.165) is 4.88 Å². The van der Waals surface area contributed by atoms with Crippen LogP contribution in [0.1, 0.15) is 50.2 Å². The van der Waals surface area contributed by atoms with Gasteiger partial charge in [-0.3, -0.25) is 14.4 Å². The highest BCUT2D eigenvalue weighted by Gasteiger charge is 2.23. The zero-order valence-corrected chi connectivity index (χ0v) is 21.1. The van der Waals surface area contributed by atoms with Crippen LogP contribution in [0, 0.1) is 0 Å². The smallest absolute Gasteiger partial charge is 0.314 e. The van der Waals surface area contributed by atoms with Gasteiger partial charge < -0.3 is 34.0 Å². The number of carbonyl (C=O) groups excluding carboxylic acids is 3. The number of amides is 1. The molecule has 8 heteroatoms. The maximum absolute atomic E-state index is 12.6. The Bertz CT molecular complexity index is 1080. The summed E-state index contributed by atoms with van der Waals surface area (Å²) in [5, 5.41) is 2.78. The molecule has 0 fully saturated rings. The largest absolute Gasteiger partial charge is 1.00 e. The molecule has 6 nitrogen and oxygen atoms in total. The SMILES string of the molecule is CC(CNC(=O)c1ccc[n+](C)c1)OC(=O)C(C)c1ccc(C(=O)c2ccccc2)s1.[I-]. The van der Waals surface area contributed by atoms with E-state index in [1.54, 1.807) is 61.0 Å². The second-order valence-electron chi connectivity index (χ2n) is 7.33. The van der Waals surface area contributed by atoms with Crippen LogP contribution in [-0.2, 0) is 16.6 Å². The van der Waals surface area contributed by atoms with E-state index in [0.29, 0.717) is 16.0 Å². The number of nitrogens with zero attached hydrogens (tertiary/aromatic N) is 1. The highest BCUT2D eigenvalue weighted by molar-refractivity contribution is 7.14. The molecular formula is C24H25IN2O4S. The Morgan fingerprint density at radius 3 is 2.38 bits per heavy atom. The molecule has 1 amide bonds. The minimum Gasteiger partial charge on any atom is -1.00 e. The molecule has 2 heterocycles. The van der Waals surface area contributed by atoms with E-state index in [1.165, 1.54) is 11.3 Å². The second-order valence-corrected chi connectivity index (χ2v) is 8.45. The summed E-state index contributed by atoms with van der Waals surface area (Å²) >= 11 is 1.29. The van der Waals surface area contributed by atoms with E-state index in [1.807, 2.05) is 31.4 Å². The average molecular weight is 564 g/mol. The van der Waals surface area contributed by atoms with Gasteiger partial charge >= 0.3 is 5.97 Å². The number of esters is 1. The van der Waals surface area contributed by atoms with Crippen LogP contribution >= 0.6 is 11.3 Å². The number of aryl methyl sites for hydroxylation is 1. The third kappa shape index (κ3) is 6.70. The maximum atomic E-state index is 12.6. The molecule has 0 saturated carbocycles. The first-order valence-electron chi connectivity index (χ1n) is 9.98. The topological polar surface area (TPSA) is 76.4 Å². The number of thiophene rings is 1. The minimum absolute atomic E-state index is 0. The van der Waals surface area contributed by atoms with Crippen LogP contribution < -0.4 is 33.9 Å². The van der Waals surface area contributed by atoms with E-state index < -0.39 is 18.0 Å². The number of rotatable bonds is 8. The number of benzene rings is 1. The molecule has 0 radical (unpaired) electrons.